The number of amides is 1. The number of rotatable bonds is 3. The van der Waals surface area contributed by atoms with Gasteiger partial charge in [-0.2, -0.15) is 0 Å². The second-order valence-corrected chi connectivity index (χ2v) is 4.19. The quantitative estimate of drug-likeness (QED) is 0.652. The van der Waals surface area contributed by atoms with E-state index < -0.39 is 11.4 Å². The van der Waals surface area contributed by atoms with E-state index in [2.05, 4.69) is 5.32 Å². The van der Waals surface area contributed by atoms with E-state index in [4.69, 9.17) is 11.5 Å². The number of carbonyl (C=O) groups is 1. The zero-order chi connectivity index (χ0) is 11.6. The highest BCUT2D eigenvalue weighted by atomic mass is 16.1. The van der Waals surface area contributed by atoms with E-state index in [1.807, 2.05) is 19.1 Å². The fourth-order valence-electron chi connectivity index (χ4n) is 1.14. The topological polar surface area (TPSA) is 81.1 Å². The molecular formula is C11H17N3O. The van der Waals surface area contributed by atoms with Crippen LogP contribution >= 0.6 is 0 Å². The number of hydrogen-bond acceptors (Lipinski definition) is 3. The summed E-state index contributed by atoms with van der Waals surface area (Å²) in [4.78, 5) is 11.1. The third-order valence-electron chi connectivity index (χ3n) is 2.35. The van der Waals surface area contributed by atoms with Gasteiger partial charge < -0.3 is 16.8 Å². The van der Waals surface area contributed by atoms with Crippen molar-refractivity contribution in [1.82, 2.24) is 0 Å². The summed E-state index contributed by atoms with van der Waals surface area (Å²) in [5.41, 5.74) is 12.7. The number of aryl methyl sites for hydroxylation is 1. The minimum Gasteiger partial charge on any atom is -0.398 e. The molecule has 1 aromatic rings. The van der Waals surface area contributed by atoms with Crippen molar-refractivity contribution in [3.05, 3.63) is 23.8 Å². The van der Waals surface area contributed by atoms with Crippen LogP contribution in [0, 0.1) is 6.92 Å². The Bertz CT molecular complexity index is 385. The van der Waals surface area contributed by atoms with E-state index in [1.54, 1.807) is 19.9 Å². The number of anilines is 2. The van der Waals surface area contributed by atoms with E-state index in [1.165, 1.54) is 0 Å². The van der Waals surface area contributed by atoms with Crippen molar-refractivity contribution < 1.29 is 4.79 Å². The van der Waals surface area contributed by atoms with Crippen molar-refractivity contribution in [2.45, 2.75) is 26.3 Å². The van der Waals surface area contributed by atoms with Crippen LogP contribution < -0.4 is 16.8 Å². The van der Waals surface area contributed by atoms with Crippen LogP contribution in [0.25, 0.3) is 0 Å². The van der Waals surface area contributed by atoms with Crippen LogP contribution in [0.5, 0.6) is 0 Å². The van der Waals surface area contributed by atoms with Gasteiger partial charge in [0, 0.05) is 11.4 Å². The lowest BCUT2D eigenvalue weighted by atomic mass is 10.0. The van der Waals surface area contributed by atoms with E-state index in [0.717, 1.165) is 11.3 Å². The number of primary amides is 1. The third-order valence-corrected chi connectivity index (χ3v) is 2.35. The third kappa shape index (κ3) is 2.62. The highest BCUT2D eigenvalue weighted by Gasteiger charge is 2.24. The molecule has 0 aliphatic heterocycles. The van der Waals surface area contributed by atoms with Crippen molar-refractivity contribution in [2.24, 2.45) is 5.73 Å². The molecule has 1 aromatic carbocycles. The van der Waals surface area contributed by atoms with Crippen molar-refractivity contribution in [3.8, 4) is 0 Å². The van der Waals surface area contributed by atoms with Gasteiger partial charge in [0.1, 0.15) is 5.54 Å². The largest absolute Gasteiger partial charge is 0.398 e. The summed E-state index contributed by atoms with van der Waals surface area (Å²) in [6.07, 6.45) is 0. The number of nitrogens with one attached hydrogen (secondary N) is 1. The molecule has 0 unspecified atom stereocenters. The second-order valence-electron chi connectivity index (χ2n) is 4.19. The Labute approximate surface area is 89.6 Å². The molecule has 1 amide bonds. The summed E-state index contributed by atoms with van der Waals surface area (Å²) in [6, 6.07) is 5.56. The van der Waals surface area contributed by atoms with Crippen LogP contribution in [0.3, 0.4) is 0 Å². The van der Waals surface area contributed by atoms with Gasteiger partial charge in [-0.1, -0.05) is 6.07 Å². The molecule has 0 aliphatic carbocycles. The van der Waals surface area contributed by atoms with Crippen LogP contribution in [0.2, 0.25) is 0 Å². The van der Waals surface area contributed by atoms with Gasteiger partial charge in [0.2, 0.25) is 5.91 Å². The molecule has 0 saturated heterocycles. The van der Waals surface area contributed by atoms with Crippen LogP contribution in [-0.2, 0) is 4.79 Å². The van der Waals surface area contributed by atoms with Gasteiger partial charge in [-0.25, -0.2) is 0 Å². The number of nitrogens with two attached hydrogens (primary N) is 2. The van der Waals surface area contributed by atoms with Crippen LogP contribution in [-0.4, -0.2) is 11.4 Å². The fourth-order valence-corrected chi connectivity index (χ4v) is 1.14. The number of nitrogen functional groups attached to an aromatic ring is 1. The minimum absolute atomic E-state index is 0.401. The van der Waals surface area contributed by atoms with E-state index >= 15 is 0 Å². The molecule has 0 fully saturated rings. The van der Waals surface area contributed by atoms with Crippen molar-refractivity contribution in [3.63, 3.8) is 0 Å². The first kappa shape index (κ1) is 11.4. The monoisotopic (exact) mass is 207 g/mol. The lowest BCUT2D eigenvalue weighted by Gasteiger charge is -2.24. The van der Waals surface area contributed by atoms with E-state index in [9.17, 15) is 4.79 Å². The average Bonchev–Trinajstić information content (AvgIpc) is 2.10. The van der Waals surface area contributed by atoms with Gasteiger partial charge in [0.05, 0.1) is 0 Å². The highest BCUT2D eigenvalue weighted by molar-refractivity contribution is 5.87. The summed E-state index contributed by atoms with van der Waals surface area (Å²) in [7, 11) is 0. The minimum atomic E-state index is -0.776. The molecule has 0 spiro atoms. The summed E-state index contributed by atoms with van der Waals surface area (Å²) >= 11 is 0. The Balaban J connectivity index is 2.91. The summed E-state index contributed by atoms with van der Waals surface area (Å²) in [5.74, 6) is -0.401. The normalized spacial score (nSPS) is 11.1. The predicted octanol–water partition coefficient (Wildman–Crippen LogP) is 1.25. The summed E-state index contributed by atoms with van der Waals surface area (Å²) in [5, 5.41) is 3.03. The Morgan fingerprint density at radius 1 is 1.40 bits per heavy atom. The zero-order valence-corrected chi connectivity index (χ0v) is 9.29. The van der Waals surface area contributed by atoms with Gasteiger partial charge in [-0.05, 0) is 38.5 Å². The van der Waals surface area contributed by atoms with Gasteiger partial charge >= 0.3 is 0 Å². The molecule has 1 rings (SSSR count). The first-order chi connectivity index (χ1) is 6.83. The van der Waals surface area contributed by atoms with Gasteiger partial charge in [0.25, 0.3) is 0 Å². The molecule has 0 aromatic heterocycles. The Hall–Kier alpha value is -1.71. The highest BCUT2D eigenvalue weighted by Crippen LogP contribution is 2.20. The molecule has 0 radical (unpaired) electrons. The van der Waals surface area contributed by atoms with E-state index in [0.29, 0.717) is 5.69 Å². The molecule has 0 atom stereocenters. The number of benzene rings is 1. The lowest BCUT2D eigenvalue weighted by molar-refractivity contribution is -0.121. The molecule has 0 aliphatic rings. The number of carbonyl (C=O) groups excluding carboxylic acids is 1. The summed E-state index contributed by atoms with van der Waals surface area (Å²) < 4.78 is 0. The molecule has 4 heteroatoms. The molecule has 5 N–H and O–H groups in total. The van der Waals surface area contributed by atoms with E-state index in [-0.39, 0.29) is 0 Å². The van der Waals surface area contributed by atoms with Crippen molar-refractivity contribution in [2.75, 3.05) is 11.1 Å². The molecule has 82 valence electrons. The molecule has 15 heavy (non-hydrogen) atoms. The standard InChI is InChI=1S/C11H17N3O/c1-7-4-5-8(6-9(7)12)14-11(2,3)10(13)15/h4-6,14H,12H2,1-3H3,(H2,13,15). The molecule has 0 saturated carbocycles. The molecule has 4 nitrogen and oxygen atoms in total. The van der Waals surface area contributed by atoms with Crippen molar-refractivity contribution >= 4 is 17.3 Å². The molecule has 0 heterocycles. The first-order valence-electron chi connectivity index (χ1n) is 4.77. The SMILES string of the molecule is Cc1ccc(NC(C)(C)C(N)=O)cc1N. The average molecular weight is 207 g/mol. The summed E-state index contributed by atoms with van der Waals surface area (Å²) in [6.45, 7) is 5.38. The second kappa shape index (κ2) is 3.81. The Kier molecular flexibility index (Phi) is 2.88. The van der Waals surface area contributed by atoms with Gasteiger partial charge in [-0.15, -0.1) is 0 Å². The van der Waals surface area contributed by atoms with Gasteiger partial charge in [0.15, 0.2) is 0 Å². The van der Waals surface area contributed by atoms with Crippen molar-refractivity contribution in [1.29, 1.82) is 0 Å². The Morgan fingerprint density at radius 3 is 2.47 bits per heavy atom. The smallest absolute Gasteiger partial charge is 0.242 e. The Morgan fingerprint density at radius 2 is 2.00 bits per heavy atom. The molecular weight excluding hydrogens is 190 g/mol. The zero-order valence-electron chi connectivity index (χ0n) is 9.29. The maximum atomic E-state index is 11.1. The van der Waals surface area contributed by atoms with Crippen LogP contribution in [0.1, 0.15) is 19.4 Å². The fraction of sp³-hybridized carbons (Fsp3) is 0.364. The lowest BCUT2D eigenvalue weighted by Crippen LogP contribution is -2.45. The predicted molar refractivity (Wildman–Crippen MR) is 62.5 cm³/mol. The number of hydrogen-bond donors (Lipinski definition) is 3. The maximum Gasteiger partial charge on any atom is 0.242 e. The first-order valence-corrected chi connectivity index (χ1v) is 4.77. The van der Waals surface area contributed by atoms with Gasteiger partial charge in [-0.3, -0.25) is 4.79 Å². The van der Waals surface area contributed by atoms with Crippen LogP contribution in [0.4, 0.5) is 11.4 Å². The maximum absolute atomic E-state index is 11.1. The molecule has 0 bridgehead atoms. The van der Waals surface area contributed by atoms with Crippen LogP contribution in [0.15, 0.2) is 18.2 Å².